The fraction of sp³-hybridized carbons (Fsp3) is 0.371. The van der Waals surface area contributed by atoms with Crippen LogP contribution >= 0.6 is 22.8 Å². The molecule has 0 aliphatic rings. The first-order valence-corrected chi connectivity index (χ1v) is 37.1. The molecule has 0 saturated carbocycles. The molecule has 0 bridgehead atoms. The summed E-state index contributed by atoms with van der Waals surface area (Å²) in [4.78, 5) is 109. The molecule has 0 saturated heterocycles. The van der Waals surface area contributed by atoms with Gasteiger partial charge in [-0.15, -0.1) is 0 Å². The lowest BCUT2D eigenvalue weighted by Gasteiger charge is -2.19. The molecule has 0 aliphatic carbocycles. The number of nitrogens with zero attached hydrogens (tertiary/aromatic N) is 15. The Bertz CT molecular complexity index is 4400. The van der Waals surface area contributed by atoms with Gasteiger partial charge < -0.3 is 98.5 Å². The average molecular weight is 1470 g/mol. The molecule has 9 aromatic rings. The topological polar surface area (TPSA) is 571 Å². The number of carbonyl (C=O) groups is 3. The number of aromatic carboxylic acids is 1. The average Bonchev–Trinajstić information content (AvgIpc) is 0.817. The number of nitrogens with one attached hydrogen (secondary N) is 2. The summed E-state index contributed by atoms with van der Waals surface area (Å²) in [6.07, 6.45) is 6.57. The zero-order valence-electron chi connectivity index (χ0n) is 57.5. The van der Waals surface area contributed by atoms with Crippen molar-refractivity contribution in [3.8, 4) is 0 Å². The molecule has 0 atom stereocenters. The SMILES string of the molecule is CCOP(=O)(CCCN)OCC.CCOP(=O)(CCCNC(=O)c1ccc(N(C)Cc2cnc3nc(N)nc(N)c3n2)cc1)OCC.CN(Cc1cnc2nc(N)nc(N)c2n1)c1ccc(C(=O)NCCCP(=O)(O)O)cc1.CN(Cc1cnc2nc(N)nc(N)c2n1)c1ccc(C(=O)O)cc1. The van der Waals surface area contributed by atoms with Crippen molar-refractivity contribution in [3.05, 3.63) is 125 Å². The monoisotopic (exact) mass is 1470 g/mol. The Labute approximate surface area is 587 Å². The van der Waals surface area contributed by atoms with Crippen LogP contribution in [0.2, 0.25) is 0 Å². The van der Waals surface area contributed by atoms with Crippen molar-refractivity contribution in [2.24, 2.45) is 5.73 Å². The Kier molecular flexibility index (Phi) is 30.7. The standard InChI is InChI=1S/C22H31N8O4P.C18H23N8O4P.C15H15N7O2.C7H18NO3P/c1-4-33-35(32,34-5-2)12-6-11-25-21(31)15-7-9-17(10-8-15)30(3)14-16-13-26-20-18(27-16)19(23)28-22(24)29-20;1-26(10-12-9-22-16-14(23-12)15(19)24-18(20)25-16)13-5-3-11(4-6-13)17(27)21-7-2-8-31(28,29)30;1-22(10-4-2-8(3-5-10)14(23)24)7-9-6-18-13-11(19-9)12(16)20-15(17)21-13;1-3-10-12(9,11-4-2)7-5-6-8/h7-10,13H,4-6,11-12,14H2,1-3H3,(H,25,31)(H4,23,24,26,28,29);3-6,9H,2,7-8,10H2,1H3,(H,21,27)(H2,28,29,30)(H4,19,20,22,24,25);2-6H,7H2,1H3,(H,23,24)(H4,16,17,18,20,21);3-8H2,1-2H3. The molecule has 6 aromatic heterocycles. The summed E-state index contributed by atoms with van der Waals surface area (Å²) < 4.78 is 55.6. The van der Waals surface area contributed by atoms with Gasteiger partial charge in [-0.25, -0.2) is 34.7 Å². The van der Waals surface area contributed by atoms with E-state index in [9.17, 15) is 28.1 Å². The van der Waals surface area contributed by atoms with Crippen molar-refractivity contribution in [2.45, 2.75) is 66.6 Å². The summed E-state index contributed by atoms with van der Waals surface area (Å²) in [6.45, 7) is 11.0. The zero-order chi connectivity index (χ0) is 74.7. The molecule has 9 rings (SSSR count). The highest BCUT2D eigenvalue weighted by Gasteiger charge is 2.24. The third-order valence-electron chi connectivity index (χ3n) is 14.1. The third-order valence-corrected chi connectivity index (χ3v) is 19.4. The summed E-state index contributed by atoms with van der Waals surface area (Å²) in [5.41, 5.74) is 47.5. The first-order chi connectivity index (χ1) is 48.5. The normalized spacial score (nSPS) is 11.4. The Morgan fingerprint density at radius 3 is 1.02 bits per heavy atom. The first kappa shape index (κ1) is 80.9. The van der Waals surface area contributed by atoms with Crippen molar-refractivity contribution in [3.63, 3.8) is 0 Å². The van der Waals surface area contributed by atoms with Gasteiger partial charge in [0.05, 0.1) is 106 Å². The second kappa shape index (κ2) is 38.7. The predicted molar refractivity (Wildman–Crippen MR) is 390 cm³/mol. The fourth-order valence-electron chi connectivity index (χ4n) is 9.34. The van der Waals surface area contributed by atoms with E-state index < -0.39 is 28.8 Å². The summed E-state index contributed by atoms with van der Waals surface area (Å²) in [5.74, 6) is -0.817. The number of rotatable bonds is 31. The number of nitrogens with two attached hydrogens (primary N) is 7. The summed E-state index contributed by atoms with van der Waals surface area (Å²) in [6, 6.07) is 20.7. The summed E-state index contributed by atoms with van der Waals surface area (Å²) >= 11 is 0. The number of hydrogen-bond acceptors (Lipinski definition) is 32. The molecule has 0 unspecified atom stereocenters. The van der Waals surface area contributed by atoms with Crippen LogP contribution < -0.4 is 65.5 Å². The van der Waals surface area contributed by atoms with Crippen LogP contribution in [0.4, 0.5) is 52.4 Å². The maximum absolute atomic E-state index is 12.5. The smallest absolute Gasteiger partial charge is 0.335 e. The lowest BCUT2D eigenvalue weighted by atomic mass is 10.2. The van der Waals surface area contributed by atoms with E-state index in [0.29, 0.717) is 140 Å². The number of carbonyl (C=O) groups excluding carboxylic acids is 2. The molecule has 0 radical (unpaired) electrons. The Hall–Kier alpha value is -10.1. The van der Waals surface area contributed by atoms with Crippen LogP contribution in [-0.2, 0) is 51.4 Å². The van der Waals surface area contributed by atoms with Crippen molar-refractivity contribution >= 4 is 126 Å². The number of nitrogen functional groups attached to an aromatic ring is 6. The highest BCUT2D eigenvalue weighted by atomic mass is 31.2. The largest absolute Gasteiger partial charge is 0.478 e. The van der Waals surface area contributed by atoms with Crippen LogP contribution in [0.15, 0.2) is 91.4 Å². The summed E-state index contributed by atoms with van der Waals surface area (Å²) in [5, 5.41) is 14.4. The fourth-order valence-corrected chi connectivity index (χ4v) is 13.3. The van der Waals surface area contributed by atoms with Gasteiger partial charge in [0.1, 0.15) is 0 Å². The molecule has 3 aromatic carbocycles. The van der Waals surface area contributed by atoms with E-state index in [1.807, 2.05) is 48.0 Å². The molecule has 0 aliphatic heterocycles. The highest BCUT2D eigenvalue weighted by molar-refractivity contribution is 7.54. The Morgan fingerprint density at radius 1 is 0.441 bits per heavy atom. The maximum Gasteiger partial charge on any atom is 0.335 e. The molecule has 37 nitrogen and oxygen atoms in total. The van der Waals surface area contributed by atoms with Crippen LogP contribution in [-0.4, -0.2) is 178 Å². The van der Waals surface area contributed by atoms with Crippen molar-refractivity contribution in [2.75, 3.05) is 135 Å². The molecule has 6 heterocycles. The van der Waals surface area contributed by atoms with E-state index in [-0.39, 0.29) is 78.0 Å². The lowest BCUT2D eigenvalue weighted by molar-refractivity contribution is 0.0696. The van der Waals surface area contributed by atoms with Gasteiger partial charge in [0.25, 0.3) is 11.8 Å². The van der Waals surface area contributed by atoms with Crippen LogP contribution in [0, 0.1) is 0 Å². The number of aromatic nitrogens is 12. The number of fused-ring (bicyclic) bond motifs is 3. The van der Waals surface area contributed by atoms with Gasteiger partial charge in [0, 0.05) is 62.4 Å². The van der Waals surface area contributed by atoms with Gasteiger partial charge in [-0.05, 0) is 126 Å². The van der Waals surface area contributed by atoms with Gasteiger partial charge in [-0.1, -0.05) is 0 Å². The first-order valence-electron chi connectivity index (χ1n) is 31.9. The molecule has 19 N–H and O–H groups in total. The number of anilines is 9. The van der Waals surface area contributed by atoms with Crippen molar-refractivity contribution in [1.29, 1.82) is 0 Å². The molecular weight excluding hydrogens is 1380 g/mol. The molecular formula is C62H87N24O13P3. The number of carboxylic acid groups (broad SMARTS) is 1. The molecule has 40 heteroatoms. The van der Waals surface area contributed by atoms with Crippen LogP contribution in [0.25, 0.3) is 33.5 Å². The van der Waals surface area contributed by atoms with E-state index in [1.165, 1.54) is 0 Å². The molecule has 2 amide bonds. The number of amides is 2. The van der Waals surface area contributed by atoms with Crippen LogP contribution in [0.5, 0.6) is 0 Å². The molecule has 0 fully saturated rings. The predicted octanol–water partition coefficient (Wildman–Crippen LogP) is 5.64. The van der Waals surface area contributed by atoms with Gasteiger partial charge in [0.2, 0.25) is 17.8 Å². The quantitative estimate of drug-likeness (QED) is 0.0185. The van der Waals surface area contributed by atoms with Gasteiger partial charge in [-0.2, -0.15) is 29.9 Å². The van der Waals surface area contributed by atoms with E-state index in [0.717, 1.165) is 17.1 Å². The Balaban J connectivity index is 0.000000225. The van der Waals surface area contributed by atoms with E-state index in [4.69, 9.17) is 73.1 Å². The van der Waals surface area contributed by atoms with Crippen molar-refractivity contribution < 1.29 is 61.1 Å². The number of benzene rings is 3. The van der Waals surface area contributed by atoms with Gasteiger partial charge in [-0.3, -0.25) is 23.3 Å². The van der Waals surface area contributed by atoms with E-state index in [2.05, 4.69) is 70.4 Å². The second-order valence-electron chi connectivity index (χ2n) is 22.1. The van der Waals surface area contributed by atoms with Gasteiger partial charge in [0.15, 0.2) is 50.9 Å². The van der Waals surface area contributed by atoms with Crippen LogP contribution in [0.1, 0.15) is 95.1 Å². The molecule has 102 heavy (non-hydrogen) atoms. The minimum Gasteiger partial charge on any atom is -0.478 e. The number of hydrogen-bond donors (Lipinski definition) is 12. The highest BCUT2D eigenvalue weighted by Crippen LogP contribution is 2.49. The van der Waals surface area contributed by atoms with Gasteiger partial charge >= 0.3 is 28.8 Å². The van der Waals surface area contributed by atoms with Crippen molar-refractivity contribution in [1.82, 2.24) is 70.4 Å². The Morgan fingerprint density at radius 2 is 0.735 bits per heavy atom. The maximum atomic E-state index is 12.5. The number of carboxylic acids is 1. The van der Waals surface area contributed by atoms with E-state index in [1.54, 1.807) is 107 Å². The summed E-state index contributed by atoms with van der Waals surface area (Å²) in [7, 11) is -4.33. The minimum absolute atomic E-state index is 0.0371. The zero-order valence-corrected chi connectivity index (χ0v) is 60.2. The van der Waals surface area contributed by atoms with Crippen LogP contribution in [0.3, 0.4) is 0 Å². The second-order valence-corrected chi connectivity index (χ2v) is 28.3. The molecule has 548 valence electrons. The molecule has 0 spiro atoms. The lowest BCUT2D eigenvalue weighted by Crippen LogP contribution is -2.25. The van der Waals surface area contributed by atoms with E-state index >= 15 is 0 Å². The third kappa shape index (κ3) is 25.2. The minimum atomic E-state index is -4.05.